The highest BCUT2D eigenvalue weighted by atomic mass is 35.5. The summed E-state index contributed by atoms with van der Waals surface area (Å²) >= 11 is 6.12. The number of nitriles is 1. The molecule has 0 amide bonds. The maximum atomic E-state index is 9.53. The number of aliphatic hydroxyl groups is 1. The molecule has 0 spiro atoms. The van der Waals surface area contributed by atoms with Gasteiger partial charge in [0.05, 0.1) is 41.1 Å². The standard InChI is InChI=1S/C16H15ClN4.C5H10O2/c17-13-9-20-15(19)21-14(13)11-3-5-12(6-4-11)16(10-18)7-1-2-8-16;6-5-2-1-3-7-4-5/h3-6,9H,1-2,7-8H2,(H2,19,20,21);5-6H,1-4H2. The van der Waals surface area contributed by atoms with Gasteiger partial charge in [0.1, 0.15) is 0 Å². The highest BCUT2D eigenvalue weighted by Gasteiger charge is 2.35. The first-order chi connectivity index (χ1) is 13.5. The summed E-state index contributed by atoms with van der Waals surface area (Å²) in [5, 5.41) is 18.8. The first kappa shape index (κ1) is 20.5. The predicted molar refractivity (Wildman–Crippen MR) is 109 cm³/mol. The zero-order valence-electron chi connectivity index (χ0n) is 15.8. The number of hydrogen-bond donors (Lipinski definition) is 2. The lowest BCUT2D eigenvalue weighted by atomic mass is 9.80. The van der Waals surface area contributed by atoms with E-state index in [4.69, 9.17) is 27.2 Å². The molecule has 1 unspecified atom stereocenters. The Morgan fingerprint density at radius 3 is 2.46 bits per heavy atom. The topological polar surface area (TPSA) is 105 Å². The van der Waals surface area contributed by atoms with E-state index in [1.54, 1.807) is 0 Å². The summed E-state index contributed by atoms with van der Waals surface area (Å²) in [6.07, 6.45) is 7.34. The van der Waals surface area contributed by atoms with Gasteiger partial charge in [-0.1, -0.05) is 48.7 Å². The summed E-state index contributed by atoms with van der Waals surface area (Å²) in [5.74, 6) is 0.197. The molecule has 28 heavy (non-hydrogen) atoms. The second-order valence-corrected chi connectivity index (χ2v) is 7.68. The van der Waals surface area contributed by atoms with Gasteiger partial charge in [0.25, 0.3) is 0 Å². The van der Waals surface area contributed by atoms with Crippen LogP contribution in [0.3, 0.4) is 0 Å². The number of aromatic nitrogens is 2. The second kappa shape index (κ2) is 9.33. The summed E-state index contributed by atoms with van der Waals surface area (Å²) in [7, 11) is 0. The van der Waals surface area contributed by atoms with Crippen LogP contribution in [0.4, 0.5) is 5.95 Å². The molecule has 2 heterocycles. The number of anilines is 1. The molecule has 2 fully saturated rings. The summed E-state index contributed by atoms with van der Waals surface area (Å²) in [6.45, 7) is 1.37. The van der Waals surface area contributed by atoms with Crippen LogP contribution in [-0.2, 0) is 10.2 Å². The van der Waals surface area contributed by atoms with Crippen LogP contribution in [0.1, 0.15) is 44.1 Å². The molecular formula is C21H25ClN4O2. The van der Waals surface area contributed by atoms with Gasteiger partial charge in [-0.3, -0.25) is 0 Å². The Hall–Kier alpha value is -2.20. The number of halogens is 1. The largest absolute Gasteiger partial charge is 0.391 e. The third kappa shape index (κ3) is 4.79. The van der Waals surface area contributed by atoms with Crippen LogP contribution in [0.2, 0.25) is 5.02 Å². The Morgan fingerprint density at radius 2 is 1.93 bits per heavy atom. The fraction of sp³-hybridized carbons (Fsp3) is 0.476. The number of nitrogens with zero attached hydrogens (tertiary/aromatic N) is 3. The lowest BCUT2D eigenvalue weighted by molar-refractivity contribution is -0.00535. The van der Waals surface area contributed by atoms with Crippen LogP contribution in [-0.4, -0.2) is 34.4 Å². The third-order valence-electron chi connectivity index (χ3n) is 5.28. The van der Waals surface area contributed by atoms with Crippen molar-refractivity contribution in [3.05, 3.63) is 41.0 Å². The molecular weight excluding hydrogens is 376 g/mol. The van der Waals surface area contributed by atoms with E-state index in [-0.39, 0.29) is 17.5 Å². The Labute approximate surface area is 170 Å². The summed E-state index contributed by atoms with van der Waals surface area (Å²) in [6, 6.07) is 10.4. The Morgan fingerprint density at radius 1 is 1.21 bits per heavy atom. The van der Waals surface area contributed by atoms with Crippen molar-refractivity contribution in [1.82, 2.24) is 9.97 Å². The Balaban J connectivity index is 0.000000271. The molecule has 2 aromatic rings. The van der Waals surface area contributed by atoms with E-state index in [1.165, 1.54) is 6.20 Å². The van der Waals surface area contributed by atoms with E-state index in [0.29, 0.717) is 17.3 Å². The van der Waals surface area contributed by atoms with Crippen LogP contribution in [0.25, 0.3) is 11.3 Å². The molecule has 148 valence electrons. The molecule has 4 rings (SSSR count). The number of rotatable bonds is 2. The Bertz CT molecular complexity index is 823. The van der Waals surface area contributed by atoms with Gasteiger partial charge in [-0.15, -0.1) is 0 Å². The first-order valence-electron chi connectivity index (χ1n) is 9.60. The maximum Gasteiger partial charge on any atom is 0.220 e. The number of benzene rings is 1. The molecule has 1 saturated heterocycles. The third-order valence-corrected chi connectivity index (χ3v) is 5.56. The first-order valence-corrected chi connectivity index (χ1v) is 9.98. The van der Waals surface area contributed by atoms with Crippen LogP contribution < -0.4 is 5.73 Å². The normalized spacial score (nSPS) is 20.7. The summed E-state index contributed by atoms with van der Waals surface area (Å²) < 4.78 is 4.93. The second-order valence-electron chi connectivity index (χ2n) is 7.27. The molecule has 1 aromatic carbocycles. The van der Waals surface area contributed by atoms with Crippen LogP contribution in [0.5, 0.6) is 0 Å². The highest BCUT2D eigenvalue weighted by molar-refractivity contribution is 6.32. The average molecular weight is 401 g/mol. The number of nitrogens with two attached hydrogens (primary N) is 1. The van der Waals surface area contributed by atoms with Crippen LogP contribution in [0, 0.1) is 11.3 Å². The summed E-state index contributed by atoms with van der Waals surface area (Å²) in [5.41, 5.74) is 7.86. The SMILES string of the molecule is N#CC1(c2ccc(-c3nc(N)ncc3Cl)cc2)CCCC1.OC1CCCOC1. The molecule has 0 radical (unpaired) electrons. The monoisotopic (exact) mass is 400 g/mol. The lowest BCUT2D eigenvalue weighted by Gasteiger charge is -2.20. The van der Waals surface area contributed by atoms with Gasteiger partial charge in [0.2, 0.25) is 5.95 Å². The number of nitrogen functional groups attached to an aromatic ring is 1. The quantitative estimate of drug-likeness (QED) is 0.792. The minimum atomic E-state index is -0.326. The van der Waals surface area contributed by atoms with Crippen LogP contribution in [0.15, 0.2) is 30.5 Å². The van der Waals surface area contributed by atoms with Gasteiger partial charge in [0, 0.05) is 12.2 Å². The molecule has 1 aromatic heterocycles. The molecule has 0 bridgehead atoms. The predicted octanol–water partition coefficient (Wildman–Crippen LogP) is 3.87. The number of aliphatic hydroxyl groups excluding tert-OH is 1. The van der Waals surface area contributed by atoms with Gasteiger partial charge >= 0.3 is 0 Å². The Kier molecular flexibility index (Phi) is 6.84. The van der Waals surface area contributed by atoms with Crippen molar-refractivity contribution in [2.45, 2.75) is 50.0 Å². The summed E-state index contributed by atoms with van der Waals surface area (Å²) in [4.78, 5) is 8.04. The zero-order chi connectivity index (χ0) is 20.0. The molecule has 1 saturated carbocycles. The molecule has 1 aliphatic carbocycles. The van der Waals surface area contributed by atoms with Gasteiger partial charge in [-0.25, -0.2) is 9.97 Å². The van der Waals surface area contributed by atoms with E-state index < -0.39 is 0 Å². The van der Waals surface area contributed by atoms with Crippen molar-refractivity contribution in [1.29, 1.82) is 5.26 Å². The van der Waals surface area contributed by atoms with Crippen molar-refractivity contribution in [2.24, 2.45) is 0 Å². The zero-order valence-corrected chi connectivity index (χ0v) is 16.5. The van der Waals surface area contributed by atoms with Gasteiger partial charge < -0.3 is 15.6 Å². The minimum Gasteiger partial charge on any atom is -0.391 e. The van der Waals surface area contributed by atoms with Crippen molar-refractivity contribution in [3.8, 4) is 17.3 Å². The smallest absolute Gasteiger partial charge is 0.220 e. The molecule has 6 nitrogen and oxygen atoms in total. The fourth-order valence-corrected chi connectivity index (χ4v) is 3.90. The fourth-order valence-electron chi connectivity index (χ4n) is 3.70. The van der Waals surface area contributed by atoms with E-state index in [2.05, 4.69) is 16.0 Å². The van der Waals surface area contributed by atoms with Crippen LogP contribution >= 0.6 is 11.6 Å². The number of ether oxygens (including phenoxy) is 1. The molecule has 3 N–H and O–H groups in total. The van der Waals surface area contributed by atoms with Crippen molar-refractivity contribution >= 4 is 17.5 Å². The maximum absolute atomic E-state index is 9.53. The molecule has 1 atom stereocenters. The highest BCUT2D eigenvalue weighted by Crippen LogP contribution is 2.41. The minimum absolute atomic E-state index is 0.186. The van der Waals surface area contributed by atoms with E-state index in [1.807, 2.05) is 24.3 Å². The van der Waals surface area contributed by atoms with E-state index in [9.17, 15) is 5.26 Å². The van der Waals surface area contributed by atoms with Crippen molar-refractivity contribution in [2.75, 3.05) is 18.9 Å². The van der Waals surface area contributed by atoms with Gasteiger partial charge in [-0.2, -0.15) is 5.26 Å². The van der Waals surface area contributed by atoms with Crippen molar-refractivity contribution < 1.29 is 9.84 Å². The van der Waals surface area contributed by atoms with Gasteiger partial charge in [0.15, 0.2) is 0 Å². The van der Waals surface area contributed by atoms with Crippen molar-refractivity contribution in [3.63, 3.8) is 0 Å². The molecule has 7 heteroatoms. The number of hydrogen-bond acceptors (Lipinski definition) is 6. The molecule has 2 aliphatic rings. The lowest BCUT2D eigenvalue weighted by Crippen LogP contribution is -2.21. The average Bonchev–Trinajstić information content (AvgIpc) is 3.21. The van der Waals surface area contributed by atoms with E-state index >= 15 is 0 Å². The van der Waals surface area contributed by atoms with Gasteiger partial charge in [-0.05, 0) is 31.2 Å². The van der Waals surface area contributed by atoms with E-state index in [0.717, 1.165) is 56.3 Å². The molecule has 1 aliphatic heterocycles.